The van der Waals surface area contributed by atoms with Crippen molar-refractivity contribution in [1.29, 1.82) is 0 Å². The Bertz CT molecular complexity index is 621. The molecule has 0 aliphatic rings. The third kappa shape index (κ3) is 2.29. The van der Waals surface area contributed by atoms with Crippen LogP contribution in [0.3, 0.4) is 0 Å². The van der Waals surface area contributed by atoms with Crippen LogP contribution in [0, 0.1) is 10.1 Å². The van der Waals surface area contributed by atoms with E-state index in [0.29, 0.717) is 12.2 Å². The second kappa shape index (κ2) is 4.83. The molecule has 18 heavy (non-hydrogen) atoms. The predicted octanol–water partition coefficient (Wildman–Crippen LogP) is 2.92. The van der Waals surface area contributed by atoms with Crippen LogP contribution in [0.15, 0.2) is 36.4 Å². The predicted molar refractivity (Wildman–Crippen MR) is 66.6 cm³/mol. The standard InChI is InChI=1S/C13H11NO4/c1-2-18-13(15)11-4-3-10-8-12(14(16)17)6-5-9(10)7-11/h3-8H,2H2,1H3. The molecular weight excluding hydrogens is 234 g/mol. The van der Waals surface area contributed by atoms with Gasteiger partial charge >= 0.3 is 5.97 Å². The van der Waals surface area contributed by atoms with Gasteiger partial charge in [0.2, 0.25) is 0 Å². The number of nitro benzene ring substituents is 1. The average molecular weight is 245 g/mol. The van der Waals surface area contributed by atoms with E-state index in [2.05, 4.69) is 0 Å². The first-order chi connectivity index (χ1) is 8.61. The van der Waals surface area contributed by atoms with Crippen molar-refractivity contribution in [2.75, 3.05) is 6.61 Å². The summed E-state index contributed by atoms with van der Waals surface area (Å²) < 4.78 is 4.89. The van der Waals surface area contributed by atoms with Gasteiger partial charge in [-0.15, -0.1) is 0 Å². The van der Waals surface area contributed by atoms with Crippen molar-refractivity contribution in [3.8, 4) is 0 Å². The maximum absolute atomic E-state index is 11.5. The van der Waals surface area contributed by atoms with E-state index in [4.69, 9.17) is 4.74 Å². The minimum absolute atomic E-state index is 0.0337. The second-order valence-electron chi connectivity index (χ2n) is 3.72. The van der Waals surface area contributed by atoms with Crippen molar-refractivity contribution in [3.63, 3.8) is 0 Å². The Balaban J connectivity index is 2.44. The van der Waals surface area contributed by atoms with Gasteiger partial charge in [-0.1, -0.05) is 6.07 Å². The largest absolute Gasteiger partial charge is 0.462 e. The van der Waals surface area contributed by atoms with Crippen molar-refractivity contribution in [1.82, 2.24) is 0 Å². The zero-order valence-electron chi connectivity index (χ0n) is 9.75. The molecule has 0 radical (unpaired) electrons. The normalized spacial score (nSPS) is 10.3. The lowest BCUT2D eigenvalue weighted by Gasteiger charge is -2.03. The van der Waals surface area contributed by atoms with Crippen LogP contribution in [-0.4, -0.2) is 17.5 Å². The Morgan fingerprint density at radius 2 is 1.89 bits per heavy atom. The molecule has 0 unspecified atom stereocenters. The number of hydrogen-bond acceptors (Lipinski definition) is 4. The molecule has 0 atom stereocenters. The number of benzene rings is 2. The molecule has 0 saturated carbocycles. The summed E-state index contributed by atoms with van der Waals surface area (Å²) in [5, 5.41) is 12.1. The summed E-state index contributed by atoms with van der Waals surface area (Å²) in [4.78, 5) is 21.7. The highest BCUT2D eigenvalue weighted by Crippen LogP contribution is 2.22. The van der Waals surface area contributed by atoms with Gasteiger partial charge in [0.05, 0.1) is 17.1 Å². The quantitative estimate of drug-likeness (QED) is 0.473. The number of hydrogen-bond donors (Lipinski definition) is 0. The molecule has 92 valence electrons. The molecule has 0 aromatic heterocycles. The molecule has 0 heterocycles. The van der Waals surface area contributed by atoms with Crippen molar-refractivity contribution >= 4 is 22.4 Å². The smallest absolute Gasteiger partial charge is 0.338 e. The van der Waals surface area contributed by atoms with Crippen LogP contribution in [0.4, 0.5) is 5.69 Å². The Hall–Kier alpha value is -2.43. The summed E-state index contributed by atoms with van der Waals surface area (Å²) in [6, 6.07) is 9.45. The number of nitrogens with zero attached hydrogens (tertiary/aromatic N) is 1. The van der Waals surface area contributed by atoms with E-state index < -0.39 is 10.9 Å². The van der Waals surface area contributed by atoms with E-state index in [1.165, 1.54) is 12.1 Å². The first-order valence-electron chi connectivity index (χ1n) is 5.47. The van der Waals surface area contributed by atoms with Crippen LogP contribution in [0.1, 0.15) is 17.3 Å². The lowest BCUT2D eigenvalue weighted by atomic mass is 10.1. The van der Waals surface area contributed by atoms with Crippen molar-refractivity contribution in [3.05, 3.63) is 52.1 Å². The van der Waals surface area contributed by atoms with Gasteiger partial charge in [0.15, 0.2) is 0 Å². The molecular formula is C13H11NO4. The van der Waals surface area contributed by atoms with E-state index in [1.807, 2.05) is 0 Å². The molecule has 0 spiro atoms. The molecule has 0 aliphatic heterocycles. The fourth-order valence-electron chi connectivity index (χ4n) is 1.69. The molecule has 0 bridgehead atoms. The van der Waals surface area contributed by atoms with Crippen LogP contribution in [0.5, 0.6) is 0 Å². The van der Waals surface area contributed by atoms with Crippen LogP contribution in [-0.2, 0) is 4.74 Å². The van der Waals surface area contributed by atoms with Gasteiger partial charge in [-0.25, -0.2) is 4.79 Å². The maximum Gasteiger partial charge on any atom is 0.338 e. The summed E-state index contributed by atoms with van der Waals surface area (Å²) in [6.45, 7) is 2.05. The van der Waals surface area contributed by atoms with E-state index in [-0.39, 0.29) is 5.69 Å². The molecule has 2 aromatic rings. The van der Waals surface area contributed by atoms with Gasteiger partial charge in [0.1, 0.15) is 0 Å². The Kier molecular flexibility index (Phi) is 3.23. The highest BCUT2D eigenvalue weighted by Gasteiger charge is 2.09. The molecule has 2 rings (SSSR count). The fraction of sp³-hybridized carbons (Fsp3) is 0.154. The minimum atomic E-state index is -0.446. The average Bonchev–Trinajstić information content (AvgIpc) is 2.37. The van der Waals surface area contributed by atoms with Crippen LogP contribution in [0.25, 0.3) is 10.8 Å². The molecule has 0 saturated heterocycles. The zero-order valence-corrected chi connectivity index (χ0v) is 9.75. The number of non-ortho nitro benzene ring substituents is 1. The van der Waals surface area contributed by atoms with Gasteiger partial charge in [-0.05, 0) is 35.9 Å². The number of carbonyl (C=O) groups is 1. The molecule has 0 N–H and O–H groups in total. The van der Waals surface area contributed by atoms with Crippen LogP contribution < -0.4 is 0 Å². The summed E-state index contributed by atoms with van der Waals surface area (Å²) in [5.74, 6) is -0.391. The van der Waals surface area contributed by atoms with Crippen LogP contribution >= 0.6 is 0 Å². The number of fused-ring (bicyclic) bond motifs is 1. The number of ether oxygens (including phenoxy) is 1. The Morgan fingerprint density at radius 3 is 2.56 bits per heavy atom. The van der Waals surface area contributed by atoms with E-state index >= 15 is 0 Å². The number of nitro groups is 1. The molecule has 0 amide bonds. The van der Waals surface area contributed by atoms with Gasteiger partial charge < -0.3 is 4.74 Å². The van der Waals surface area contributed by atoms with Crippen molar-refractivity contribution in [2.24, 2.45) is 0 Å². The highest BCUT2D eigenvalue weighted by atomic mass is 16.6. The minimum Gasteiger partial charge on any atom is -0.462 e. The van der Waals surface area contributed by atoms with E-state index in [9.17, 15) is 14.9 Å². The molecule has 0 aliphatic carbocycles. The van der Waals surface area contributed by atoms with Crippen molar-refractivity contribution in [2.45, 2.75) is 6.92 Å². The second-order valence-corrected chi connectivity index (χ2v) is 3.72. The van der Waals surface area contributed by atoms with Gasteiger partial charge in [0.25, 0.3) is 5.69 Å². The molecule has 2 aromatic carbocycles. The van der Waals surface area contributed by atoms with E-state index in [0.717, 1.165) is 10.8 Å². The highest BCUT2D eigenvalue weighted by molar-refractivity contribution is 5.95. The van der Waals surface area contributed by atoms with Gasteiger partial charge in [-0.2, -0.15) is 0 Å². The number of carbonyl (C=O) groups excluding carboxylic acids is 1. The third-order valence-electron chi connectivity index (χ3n) is 2.55. The molecule has 5 heteroatoms. The van der Waals surface area contributed by atoms with Gasteiger partial charge in [0, 0.05) is 12.1 Å². The van der Waals surface area contributed by atoms with E-state index in [1.54, 1.807) is 31.2 Å². The zero-order chi connectivity index (χ0) is 13.1. The fourth-order valence-corrected chi connectivity index (χ4v) is 1.69. The SMILES string of the molecule is CCOC(=O)c1ccc2cc([N+](=O)[O-])ccc2c1. The summed E-state index contributed by atoms with van der Waals surface area (Å²) in [7, 11) is 0. The summed E-state index contributed by atoms with van der Waals surface area (Å²) >= 11 is 0. The third-order valence-corrected chi connectivity index (χ3v) is 2.55. The monoisotopic (exact) mass is 245 g/mol. The summed E-state index contributed by atoms with van der Waals surface area (Å²) in [6.07, 6.45) is 0. The first-order valence-corrected chi connectivity index (χ1v) is 5.47. The Morgan fingerprint density at radius 1 is 1.22 bits per heavy atom. The number of esters is 1. The first kappa shape index (κ1) is 12.0. The van der Waals surface area contributed by atoms with Crippen LogP contribution in [0.2, 0.25) is 0 Å². The number of rotatable bonds is 3. The Labute approximate surface area is 103 Å². The molecule has 0 fully saturated rings. The molecule has 5 nitrogen and oxygen atoms in total. The topological polar surface area (TPSA) is 69.4 Å². The summed E-state index contributed by atoms with van der Waals surface area (Å²) in [5.41, 5.74) is 0.476. The maximum atomic E-state index is 11.5. The lowest BCUT2D eigenvalue weighted by molar-refractivity contribution is -0.384. The van der Waals surface area contributed by atoms with Gasteiger partial charge in [-0.3, -0.25) is 10.1 Å². The van der Waals surface area contributed by atoms with Crippen molar-refractivity contribution < 1.29 is 14.5 Å². The lowest BCUT2D eigenvalue weighted by Crippen LogP contribution is -2.04.